The molecular formula is C9H8Br2N2OS. The van der Waals surface area contributed by atoms with E-state index in [0.29, 0.717) is 0 Å². The van der Waals surface area contributed by atoms with Crippen molar-refractivity contribution in [1.82, 2.24) is 9.78 Å². The summed E-state index contributed by atoms with van der Waals surface area (Å²) in [5.41, 5.74) is 0.768. The number of nitrogens with zero attached hydrogens (tertiary/aromatic N) is 2. The summed E-state index contributed by atoms with van der Waals surface area (Å²) in [6, 6.07) is 1.91. The summed E-state index contributed by atoms with van der Waals surface area (Å²) in [5.74, 6) is 0. The van der Waals surface area contributed by atoms with Crippen LogP contribution in [-0.2, 0) is 7.05 Å². The van der Waals surface area contributed by atoms with Gasteiger partial charge in [0.1, 0.15) is 6.10 Å². The maximum absolute atomic E-state index is 10.2. The SMILES string of the molecule is Cn1ncc(Br)c1C(O)c1cc(Br)cs1. The zero-order valence-electron chi connectivity index (χ0n) is 7.82. The van der Waals surface area contributed by atoms with Crippen LogP contribution in [0.5, 0.6) is 0 Å². The van der Waals surface area contributed by atoms with Crippen LogP contribution in [0.25, 0.3) is 0 Å². The van der Waals surface area contributed by atoms with Crippen LogP contribution >= 0.6 is 43.2 Å². The van der Waals surface area contributed by atoms with Gasteiger partial charge >= 0.3 is 0 Å². The smallest absolute Gasteiger partial charge is 0.131 e. The van der Waals surface area contributed by atoms with E-state index >= 15 is 0 Å². The van der Waals surface area contributed by atoms with E-state index in [-0.39, 0.29) is 0 Å². The molecule has 0 bridgehead atoms. The first-order valence-corrected chi connectivity index (χ1v) is 6.65. The third kappa shape index (κ3) is 2.18. The Kier molecular flexibility index (Phi) is 3.30. The molecular weight excluding hydrogens is 344 g/mol. The molecule has 0 aromatic carbocycles. The predicted octanol–water partition coefficient (Wildman–Crippen LogP) is 3.09. The lowest BCUT2D eigenvalue weighted by atomic mass is 10.2. The first kappa shape index (κ1) is 11.3. The number of aromatic nitrogens is 2. The lowest BCUT2D eigenvalue weighted by Crippen LogP contribution is -2.05. The van der Waals surface area contributed by atoms with Gasteiger partial charge in [0.15, 0.2) is 0 Å². The molecule has 80 valence electrons. The van der Waals surface area contributed by atoms with Gasteiger partial charge in [-0.3, -0.25) is 4.68 Å². The zero-order chi connectivity index (χ0) is 11.0. The first-order valence-electron chi connectivity index (χ1n) is 4.19. The van der Waals surface area contributed by atoms with Crippen molar-refractivity contribution in [3.63, 3.8) is 0 Å². The van der Waals surface area contributed by atoms with Gasteiger partial charge in [-0.2, -0.15) is 5.10 Å². The van der Waals surface area contributed by atoms with E-state index in [2.05, 4.69) is 37.0 Å². The summed E-state index contributed by atoms with van der Waals surface area (Å²) in [6.45, 7) is 0. The fourth-order valence-corrected chi connectivity index (χ4v) is 3.33. The van der Waals surface area contributed by atoms with Crippen molar-refractivity contribution < 1.29 is 5.11 Å². The van der Waals surface area contributed by atoms with Crippen molar-refractivity contribution in [2.45, 2.75) is 6.10 Å². The molecule has 0 aliphatic heterocycles. The average Bonchev–Trinajstić information content (AvgIpc) is 2.73. The van der Waals surface area contributed by atoms with Gasteiger partial charge in [0.2, 0.25) is 0 Å². The molecule has 2 rings (SSSR count). The molecule has 0 aliphatic carbocycles. The molecule has 0 spiro atoms. The molecule has 1 unspecified atom stereocenters. The summed E-state index contributed by atoms with van der Waals surface area (Å²) in [5, 5.41) is 16.2. The fourth-order valence-electron chi connectivity index (χ4n) is 1.33. The van der Waals surface area contributed by atoms with Crippen LogP contribution in [0.2, 0.25) is 0 Å². The second-order valence-electron chi connectivity index (χ2n) is 3.07. The normalized spacial score (nSPS) is 13.1. The van der Waals surface area contributed by atoms with E-state index in [4.69, 9.17) is 0 Å². The van der Waals surface area contributed by atoms with Gasteiger partial charge in [-0.25, -0.2) is 0 Å². The van der Waals surface area contributed by atoms with Gasteiger partial charge in [-0.15, -0.1) is 11.3 Å². The maximum atomic E-state index is 10.2. The Morgan fingerprint density at radius 2 is 2.27 bits per heavy atom. The summed E-state index contributed by atoms with van der Waals surface area (Å²) in [4.78, 5) is 0.895. The second kappa shape index (κ2) is 4.37. The van der Waals surface area contributed by atoms with Gasteiger partial charge in [0.25, 0.3) is 0 Å². The molecule has 0 amide bonds. The minimum atomic E-state index is -0.636. The Bertz CT molecular complexity index is 461. The Balaban J connectivity index is 2.40. The predicted molar refractivity (Wildman–Crippen MR) is 67.0 cm³/mol. The maximum Gasteiger partial charge on any atom is 0.131 e. The van der Waals surface area contributed by atoms with Crippen LogP contribution in [0, 0.1) is 0 Å². The molecule has 2 heterocycles. The van der Waals surface area contributed by atoms with Crippen molar-refractivity contribution >= 4 is 43.2 Å². The van der Waals surface area contributed by atoms with Crippen LogP contribution in [0.1, 0.15) is 16.7 Å². The van der Waals surface area contributed by atoms with Crippen molar-refractivity contribution in [2.75, 3.05) is 0 Å². The molecule has 2 aromatic rings. The zero-order valence-corrected chi connectivity index (χ0v) is 11.8. The number of rotatable bonds is 2. The number of aliphatic hydroxyl groups is 1. The minimum Gasteiger partial charge on any atom is -0.381 e. The van der Waals surface area contributed by atoms with Crippen LogP contribution in [-0.4, -0.2) is 14.9 Å². The molecule has 2 aromatic heterocycles. The Hall–Kier alpha value is -0.170. The van der Waals surface area contributed by atoms with Gasteiger partial charge in [0, 0.05) is 21.8 Å². The minimum absolute atomic E-state index is 0.636. The van der Waals surface area contributed by atoms with Gasteiger partial charge in [-0.05, 0) is 37.9 Å². The molecule has 15 heavy (non-hydrogen) atoms. The molecule has 1 atom stereocenters. The Labute approximate surface area is 108 Å². The average molecular weight is 352 g/mol. The lowest BCUT2D eigenvalue weighted by Gasteiger charge is -2.09. The molecule has 1 N–H and O–H groups in total. The largest absolute Gasteiger partial charge is 0.381 e. The Morgan fingerprint density at radius 1 is 1.53 bits per heavy atom. The molecule has 6 heteroatoms. The third-order valence-corrected chi connectivity index (χ3v) is 4.41. The van der Waals surface area contributed by atoms with Crippen LogP contribution in [0.4, 0.5) is 0 Å². The van der Waals surface area contributed by atoms with Crippen molar-refractivity contribution in [3.8, 4) is 0 Å². The van der Waals surface area contributed by atoms with Crippen molar-refractivity contribution in [1.29, 1.82) is 0 Å². The summed E-state index contributed by atoms with van der Waals surface area (Å²) in [6.07, 6.45) is 1.05. The molecule has 3 nitrogen and oxygen atoms in total. The molecule has 0 aliphatic rings. The monoisotopic (exact) mass is 350 g/mol. The number of halogens is 2. The van der Waals surface area contributed by atoms with Crippen LogP contribution < -0.4 is 0 Å². The van der Waals surface area contributed by atoms with E-state index in [1.807, 2.05) is 18.5 Å². The second-order valence-corrected chi connectivity index (χ2v) is 5.78. The number of aryl methyl sites for hydroxylation is 1. The summed E-state index contributed by atoms with van der Waals surface area (Å²) < 4.78 is 3.48. The topological polar surface area (TPSA) is 38.0 Å². The fraction of sp³-hybridized carbons (Fsp3) is 0.222. The standard InChI is InChI=1S/C9H8Br2N2OS/c1-13-8(6(11)3-12-13)9(14)7-2-5(10)4-15-7/h2-4,9,14H,1H3. The highest BCUT2D eigenvalue weighted by molar-refractivity contribution is 9.10. The quantitative estimate of drug-likeness (QED) is 0.902. The van der Waals surface area contributed by atoms with Crippen molar-refractivity contribution in [3.05, 3.63) is 37.2 Å². The summed E-state index contributed by atoms with van der Waals surface area (Å²) >= 11 is 8.25. The van der Waals surface area contributed by atoms with E-state index in [9.17, 15) is 5.11 Å². The van der Waals surface area contributed by atoms with Crippen LogP contribution in [0.3, 0.4) is 0 Å². The Morgan fingerprint density at radius 3 is 2.73 bits per heavy atom. The highest BCUT2D eigenvalue weighted by Crippen LogP contribution is 2.32. The first-order chi connectivity index (χ1) is 7.09. The van der Waals surface area contributed by atoms with Gasteiger partial charge < -0.3 is 5.11 Å². The highest BCUT2D eigenvalue weighted by atomic mass is 79.9. The van der Waals surface area contributed by atoms with E-state index < -0.39 is 6.10 Å². The molecule has 0 radical (unpaired) electrons. The summed E-state index contributed by atoms with van der Waals surface area (Å²) in [7, 11) is 1.81. The molecule has 0 saturated heterocycles. The number of aliphatic hydroxyl groups excluding tert-OH is 1. The van der Waals surface area contributed by atoms with E-state index in [1.54, 1.807) is 10.9 Å². The van der Waals surface area contributed by atoms with Gasteiger partial charge in [-0.1, -0.05) is 0 Å². The number of hydrogen-bond acceptors (Lipinski definition) is 3. The highest BCUT2D eigenvalue weighted by Gasteiger charge is 2.19. The van der Waals surface area contributed by atoms with Gasteiger partial charge in [0.05, 0.1) is 16.4 Å². The van der Waals surface area contributed by atoms with E-state index in [1.165, 1.54) is 11.3 Å². The lowest BCUT2D eigenvalue weighted by molar-refractivity contribution is 0.212. The molecule has 0 fully saturated rings. The number of hydrogen-bond donors (Lipinski definition) is 1. The van der Waals surface area contributed by atoms with E-state index in [0.717, 1.165) is 19.5 Å². The number of thiophene rings is 1. The van der Waals surface area contributed by atoms with Crippen molar-refractivity contribution in [2.24, 2.45) is 7.05 Å². The third-order valence-electron chi connectivity index (χ3n) is 2.05. The molecule has 0 saturated carbocycles. The van der Waals surface area contributed by atoms with Crippen LogP contribution in [0.15, 0.2) is 26.6 Å².